The molecule has 0 heterocycles. The molecule has 7 heteroatoms. The third-order valence-electron chi connectivity index (χ3n) is 3.97. The molecule has 3 rings (SSSR count). The first kappa shape index (κ1) is 21.1. The number of nitrogens with one attached hydrogen (secondary N) is 2. The highest BCUT2D eigenvalue weighted by atomic mass is 79.9. The van der Waals surface area contributed by atoms with Crippen molar-refractivity contribution in [1.29, 1.82) is 0 Å². The standard InChI is InChI=1S/C22H19Br2N3O2/c1-15-20(23)11-17(12-21(15)24)25-14-22(28)27-26-13-16-6-5-9-19(10-16)29-18-7-3-2-4-8-18/h2-13,25H,14H2,1H3,(H,27,28). The van der Waals surface area contributed by atoms with Crippen molar-refractivity contribution in [3.05, 3.63) is 86.8 Å². The van der Waals surface area contributed by atoms with Crippen LogP contribution in [0.15, 0.2) is 80.8 Å². The van der Waals surface area contributed by atoms with Gasteiger partial charge in [-0.25, -0.2) is 5.43 Å². The van der Waals surface area contributed by atoms with Crippen LogP contribution in [-0.4, -0.2) is 18.7 Å². The summed E-state index contributed by atoms with van der Waals surface area (Å²) in [6.45, 7) is 2.11. The van der Waals surface area contributed by atoms with Gasteiger partial charge in [0.1, 0.15) is 11.5 Å². The lowest BCUT2D eigenvalue weighted by atomic mass is 10.2. The minimum absolute atomic E-state index is 0.108. The SMILES string of the molecule is Cc1c(Br)cc(NCC(=O)NN=Cc2cccc(Oc3ccccc3)c2)cc1Br. The molecule has 2 N–H and O–H groups in total. The van der Waals surface area contributed by atoms with Crippen LogP contribution in [0, 0.1) is 6.92 Å². The Morgan fingerprint density at radius 3 is 2.41 bits per heavy atom. The second-order valence-corrected chi connectivity index (χ2v) is 7.91. The first-order valence-corrected chi connectivity index (χ1v) is 10.4. The van der Waals surface area contributed by atoms with Crippen LogP contribution in [0.2, 0.25) is 0 Å². The van der Waals surface area contributed by atoms with E-state index in [0.29, 0.717) is 5.75 Å². The Labute approximate surface area is 186 Å². The molecule has 148 valence electrons. The molecule has 0 atom stereocenters. The van der Waals surface area contributed by atoms with E-state index in [2.05, 4.69) is 47.7 Å². The highest BCUT2D eigenvalue weighted by Crippen LogP contribution is 2.28. The smallest absolute Gasteiger partial charge is 0.259 e. The summed E-state index contributed by atoms with van der Waals surface area (Å²) in [4.78, 5) is 12.0. The Morgan fingerprint density at radius 1 is 1.00 bits per heavy atom. The van der Waals surface area contributed by atoms with E-state index in [9.17, 15) is 4.79 Å². The number of benzene rings is 3. The Balaban J connectivity index is 1.52. The first-order valence-electron chi connectivity index (χ1n) is 8.85. The third-order valence-corrected chi connectivity index (χ3v) is 5.62. The zero-order valence-electron chi connectivity index (χ0n) is 15.7. The molecule has 0 aliphatic rings. The molecule has 0 unspecified atom stereocenters. The fraction of sp³-hybridized carbons (Fsp3) is 0.0909. The van der Waals surface area contributed by atoms with Crippen molar-refractivity contribution >= 4 is 49.7 Å². The summed E-state index contributed by atoms with van der Waals surface area (Å²) in [5, 5.41) is 7.09. The van der Waals surface area contributed by atoms with Crippen LogP contribution < -0.4 is 15.5 Å². The number of carbonyl (C=O) groups is 1. The summed E-state index contributed by atoms with van der Waals surface area (Å²) in [5.74, 6) is 1.21. The maximum atomic E-state index is 12.0. The Kier molecular flexibility index (Phi) is 7.43. The zero-order chi connectivity index (χ0) is 20.6. The molecule has 0 saturated carbocycles. The molecule has 5 nitrogen and oxygen atoms in total. The number of carbonyl (C=O) groups excluding carboxylic acids is 1. The normalized spacial score (nSPS) is 10.7. The van der Waals surface area contributed by atoms with Crippen LogP contribution in [0.1, 0.15) is 11.1 Å². The predicted molar refractivity (Wildman–Crippen MR) is 124 cm³/mol. The Morgan fingerprint density at radius 2 is 1.69 bits per heavy atom. The lowest BCUT2D eigenvalue weighted by Gasteiger charge is -2.09. The number of hydrogen-bond donors (Lipinski definition) is 2. The van der Waals surface area contributed by atoms with Crippen LogP contribution in [0.5, 0.6) is 11.5 Å². The van der Waals surface area contributed by atoms with Crippen molar-refractivity contribution in [3.63, 3.8) is 0 Å². The fourth-order valence-corrected chi connectivity index (χ4v) is 3.62. The lowest BCUT2D eigenvalue weighted by molar-refractivity contribution is -0.119. The quantitative estimate of drug-likeness (QED) is 0.304. The summed E-state index contributed by atoms with van der Waals surface area (Å²) >= 11 is 6.99. The fourth-order valence-electron chi connectivity index (χ4n) is 2.43. The molecule has 1 amide bonds. The second kappa shape index (κ2) is 10.2. The molecule has 3 aromatic rings. The van der Waals surface area contributed by atoms with Crippen molar-refractivity contribution < 1.29 is 9.53 Å². The Hall–Kier alpha value is -2.64. The van der Waals surface area contributed by atoms with Gasteiger partial charge in [-0.15, -0.1) is 0 Å². The number of para-hydroxylation sites is 1. The van der Waals surface area contributed by atoms with Gasteiger partial charge in [0, 0.05) is 14.6 Å². The maximum absolute atomic E-state index is 12.0. The van der Waals surface area contributed by atoms with Crippen LogP contribution in [-0.2, 0) is 4.79 Å². The van der Waals surface area contributed by atoms with Crippen molar-refractivity contribution in [2.45, 2.75) is 6.92 Å². The van der Waals surface area contributed by atoms with E-state index in [1.54, 1.807) is 6.21 Å². The van der Waals surface area contributed by atoms with E-state index in [0.717, 1.165) is 31.5 Å². The number of rotatable bonds is 7. The average Bonchev–Trinajstić information content (AvgIpc) is 2.71. The van der Waals surface area contributed by atoms with Crippen molar-refractivity contribution in [2.24, 2.45) is 5.10 Å². The first-order chi connectivity index (χ1) is 14.0. The molecule has 0 radical (unpaired) electrons. The van der Waals surface area contributed by atoms with Gasteiger partial charge in [-0.05, 0) is 54.4 Å². The topological polar surface area (TPSA) is 62.7 Å². The van der Waals surface area contributed by atoms with Crippen LogP contribution in [0.3, 0.4) is 0 Å². The van der Waals surface area contributed by atoms with Crippen molar-refractivity contribution in [3.8, 4) is 11.5 Å². The molecule has 29 heavy (non-hydrogen) atoms. The van der Waals surface area contributed by atoms with Gasteiger partial charge in [-0.2, -0.15) is 5.10 Å². The van der Waals surface area contributed by atoms with Gasteiger partial charge in [0.15, 0.2) is 0 Å². The minimum Gasteiger partial charge on any atom is -0.457 e. The molecule has 0 fully saturated rings. The van der Waals surface area contributed by atoms with Crippen LogP contribution in [0.4, 0.5) is 5.69 Å². The highest BCUT2D eigenvalue weighted by molar-refractivity contribution is 9.11. The number of nitrogens with zero attached hydrogens (tertiary/aromatic N) is 1. The molecular formula is C22H19Br2N3O2. The van der Waals surface area contributed by atoms with E-state index >= 15 is 0 Å². The van der Waals surface area contributed by atoms with Crippen molar-refractivity contribution in [2.75, 3.05) is 11.9 Å². The van der Waals surface area contributed by atoms with Gasteiger partial charge < -0.3 is 10.1 Å². The zero-order valence-corrected chi connectivity index (χ0v) is 18.8. The van der Waals surface area contributed by atoms with E-state index in [-0.39, 0.29) is 12.5 Å². The molecule has 3 aromatic carbocycles. The summed E-state index contributed by atoms with van der Waals surface area (Å²) in [6, 6.07) is 20.9. The summed E-state index contributed by atoms with van der Waals surface area (Å²) < 4.78 is 7.72. The Bertz CT molecular complexity index is 1000. The largest absolute Gasteiger partial charge is 0.457 e. The maximum Gasteiger partial charge on any atom is 0.259 e. The molecule has 0 aliphatic heterocycles. The summed E-state index contributed by atoms with van der Waals surface area (Å²) in [5.41, 5.74) is 5.27. The lowest BCUT2D eigenvalue weighted by Crippen LogP contribution is -2.25. The van der Waals surface area contributed by atoms with Crippen LogP contribution in [0.25, 0.3) is 0 Å². The van der Waals surface area contributed by atoms with Crippen LogP contribution >= 0.6 is 31.9 Å². The van der Waals surface area contributed by atoms with Gasteiger partial charge in [0.25, 0.3) is 5.91 Å². The number of amides is 1. The third kappa shape index (κ3) is 6.44. The average molecular weight is 517 g/mol. The molecule has 0 saturated heterocycles. The number of anilines is 1. The number of ether oxygens (including phenoxy) is 1. The number of halogens is 2. The second-order valence-electron chi connectivity index (χ2n) is 6.20. The van der Waals surface area contributed by atoms with E-state index < -0.39 is 0 Å². The van der Waals surface area contributed by atoms with E-state index in [4.69, 9.17) is 4.74 Å². The molecule has 0 bridgehead atoms. The number of hydrazone groups is 1. The molecular weight excluding hydrogens is 498 g/mol. The van der Waals surface area contributed by atoms with Gasteiger partial charge >= 0.3 is 0 Å². The van der Waals surface area contributed by atoms with Gasteiger partial charge in [0.05, 0.1) is 12.8 Å². The van der Waals surface area contributed by atoms with Crippen molar-refractivity contribution in [1.82, 2.24) is 5.43 Å². The van der Waals surface area contributed by atoms with Gasteiger partial charge in [0.2, 0.25) is 0 Å². The van der Waals surface area contributed by atoms with E-state index in [1.807, 2.05) is 73.7 Å². The molecule has 0 aromatic heterocycles. The molecule has 0 spiro atoms. The summed E-state index contributed by atoms with van der Waals surface area (Å²) in [7, 11) is 0. The predicted octanol–water partition coefficient (Wildman–Crippen LogP) is 5.87. The number of hydrogen-bond acceptors (Lipinski definition) is 4. The van der Waals surface area contributed by atoms with Gasteiger partial charge in [-0.3, -0.25) is 4.79 Å². The van der Waals surface area contributed by atoms with E-state index in [1.165, 1.54) is 0 Å². The highest BCUT2D eigenvalue weighted by Gasteiger charge is 2.05. The summed E-state index contributed by atoms with van der Waals surface area (Å²) in [6.07, 6.45) is 1.58. The molecule has 0 aliphatic carbocycles. The van der Waals surface area contributed by atoms with Gasteiger partial charge in [-0.1, -0.05) is 62.2 Å². The minimum atomic E-state index is -0.245. The monoisotopic (exact) mass is 515 g/mol.